The second-order valence-corrected chi connectivity index (χ2v) is 6.23. The largest absolute Gasteiger partial charge is 0.353 e. The average Bonchev–Trinajstić information content (AvgIpc) is 2.53. The van der Waals surface area contributed by atoms with E-state index in [0.29, 0.717) is 5.69 Å². The zero-order valence-electron chi connectivity index (χ0n) is 15.4. The quantitative estimate of drug-likeness (QED) is 0.647. The molecular weight excluding hydrogens is 302 g/mol. The molecule has 0 aliphatic heterocycles. The average molecular weight is 333 g/mol. The summed E-state index contributed by atoms with van der Waals surface area (Å²) >= 11 is 0. The Bertz CT molecular complexity index is 510. The van der Waals surface area contributed by atoms with Gasteiger partial charge in [-0.15, -0.1) is 0 Å². The SMILES string of the molecule is CCN(CC)CCCC(C)NC(=O)CC(=O)Nc1ccc(C)cc1. The molecule has 0 saturated carbocycles. The number of carbonyl (C=O) groups is 2. The van der Waals surface area contributed by atoms with Crippen LogP contribution >= 0.6 is 0 Å². The van der Waals surface area contributed by atoms with Crippen LogP contribution in [0, 0.1) is 6.92 Å². The minimum absolute atomic E-state index is 0.0836. The molecule has 0 spiro atoms. The van der Waals surface area contributed by atoms with Gasteiger partial charge in [-0.1, -0.05) is 31.5 Å². The van der Waals surface area contributed by atoms with Crippen LogP contribution in [0.2, 0.25) is 0 Å². The monoisotopic (exact) mass is 333 g/mol. The van der Waals surface area contributed by atoms with Crippen LogP contribution in [0.25, 0.3) is 0 Å². The molecule has 1 rings (SSSR count). The van der Waals surface area contributed by atoms with Crippen LogP contribution in [0.15, 0.2) is 24.3 Å². The van der Waals surface area contributed by atoms with Crippen molar-refractivity contribution in [2.75, 3.05) is 25.0 Å². The lowest BCUT2D eigenvalue weighted by molar-refractivity contribution is -0.127. The molecular formula is C19H31N3O2. The van der Waals surface area contributed by atoms with Gasteiger partial charge in [-0.3, -0.25) is 9.59 Å². The number of nitrogens with one attached hydrogen (secondary N) is 2. The Labute approximate surface area is 145 Å². The third kappa shape index (κ3) is 8.11. The number of aryl methyl sites for hydroxylation is 1. The molecule has 0 fully saturated rings. The maximum absolute atomic E-state index is 11.9. The minimum Gasteiger partial charge on any atom is -0.353 e. The van der Waals surface area contributed by atoms with Gasteiger partial charge in [-0.25, -0.2) is 0 Å². The number of anilines is 1. The molecule has 0 heterocycles. The van der Waals surface area contributed by atoms with Gasteiger partial charge in [0.15, 0.2) is 0 Å². The third-order valence-corrected chi connectivity index (χ3v) is 4.07. The Balaban J connectivity index is 2.26. The Morgan fingerprint density at radius 2 is 1.71 bits per heavy atom. The van der Waals surface area contributed by atoms with Gasteiger partial charge in [0.05, 0.1) is 0 Å². The van der Waals surface area contributed by atoms with Gasteiger partial charge >= 0.3 is 0 Å². The first-order chi connectivity index (χ1) is 11.4. The molecule has 0 aliphatic carbocycles. The molecule has 2 N–H and O–H groups in total. The smallest absolute Gasteiger partial charge is 0.233 e. The summed E-state index contributed by atoms with van der Waals surface area (Å²) in [6.07, 6.45) is 1.81. The van der Waals surface area contributed by atoms with E-state index in [-0.39, 0.29) is 24.3 Å². The van der Waals surface area contributed by atoms with E-state index in [9.17, 15) is 9.59 Å². The first-order valence-corrected chi connectivity index (χ1v) is 8.82. The highest BCUT2D eigenvalue weighted by molar-refractivity contribution is 6.03. The number of amides is 2. The normalized spacial score (nSPS) is 12.0. The molecule has 0 saturated heterocycles. The number of hydrogen-bond donors (Lipinski definition) is 2. The maximum Gasteiger partial charge on any atom is 0.233 e. The van der Waals surface area contributed by atoms with Crippen molar-refractivity contribution in [2.45, 2.75) is 53.0 Å². The van der Waals surface area contributed by atoms with Crippen molar-refractivity contribution in [1.82, 2.24) is 10.2 Å². The molecule has 24 heavy (non-hydrogen) atoms. The van der Waals surface area contributed by atoms with Crippen molar-refractivity contribution in [3.05, 3.63) is 29.8 Å². The van der Waals surface area contributed by atoms with Crippen LogP contribution in [-0.4, -0.2) is 42.4 Å². The standard InChI is InChI=1S/C19H31N3O2/c1-5-22(6-2)13-7-8-16(4)20-18(23)14-19(24)21-17-11-9-15(3)10-12-17/h9-12,16H,5-8,13-14H2,1-4H3,(H,20,23)(H,21,24). The van der Waals surface area contributed by atoms with E-state index in [2.05, 4.69) is 29.4 Å². The number of nitrogens with zero attached hydrogens (tertiary/aromatic N) is 1. The fraction of sp³-hybridized carbons (Fsp3) is 0.579. The number of hydrogen-bond acceptors (Lipinski definition) is 3. The van der Waals surface area contributed by atoms with E-state index in [1.165, 1.54) is 0 Å². The summed E-state index contributed by atoms with van der Waals surface area (Å²) in [5.41, 5.74) is 1.84. The van der Waals surface area contributed by atoms with Gasteiger partial charge in [0.2, 0.25) is 11.8 Å². The fourth-order valence-corrected chi connectivity index (χ4v) is 2.55. The van der Waals surface area contributed by atoms with E-state index in [4.69, 9.17) is 0 Å². The van der Waals surface area contributed by atoms with Crippen LogP contribution < -0.4 is 10.6 Å². The van der Waals surface area contributed by atoms with Crippen LogP contribution in [0.5, 0.6) is 0 Å². The molecule has 0 aromatic heterocycles. The predicted molar refractivity (Wildman–Crippen MR) is 99.1 cm³/mol. The Morgan fingerprint density at radius 3 is 2.29 bits per heavy atom. The van der Waals surface area contributed by atoms with Crippen LogP contribution in [0.1, 0.15) is 45.6 Å². The molecule has 0 aliphatic rings. The summed E-state index contributed by atoms with van der Waals surface area (Å²) in [6.45, 7) is 11.4. The van der Waals surface area contributed by atoms with Crippen molar-refractivity contribution in [2.24, 2.45) is 0 Å². The molecule has 0 radical (unpaired) electrons. The number of benzene rings is 1. The van der Waals surface area contributed by atoms with Crippen molar-refractivity contribution >= 4 is 17.5 Å². The van der Waals surface area contributed by atoms with Gasteiger partial charge in [-0.2, -0.15) is 0 Å². The first kappa shape index (κ1) is 20.2. The van der Waals surface area contributed by atoms with Gasteiger partial charge in [-0.05, 0) is 58.5 Å². The molecule has 1 atom stereocenters. The van der Waals surface area contributed by atoms with Gasteiger partial charge in [0.1, 0.15) is 6.42 Å². The van der Waals surface area contributed by atoms with Crippen molar-refractivity contribution in [3.63, 3.8) is 0 Å². The molecule has 1 aromatic carbocycles. The summed E-state index contributed by atoms with van der Waals surface area (Å²) in [4.78, 5) is 26.2. The van der Waals surface area contributed by atoms with Gasteiger partial charge < -0.3 is 15.5 Å². The van der Waals surface area contributed by atoms with E-state index in [0.717, 1.165) is 38.0 Å². The zero-order valence-corrected chi connectivity index (χ0v) is 15.4. The third-order valence-electron chi connectivity index (χ3n) is 4.07. The summed E-state index contributed by atoms with van der Waals surface area (Å²) in [5.74, 6) is -0.512. The molecule has 5 heteroatoms. The highest BCUT2D eigenvalue weighted by Crippen LogP contribution is 2.09. The van der Waals surface area contributed by atoms with Crippen molar-refractivity contribution in [3.8, 4) is 0 Å². The Kier molecular flexibility index (Phi) is 9.08. The van der Waals surface area contributed by atoms with Crippen LogP contribution in [0.4, 0.5) is 5.69 Å². The summed E-state index contributed by atoms with van der Waals surface area (Å²) < 4.78 is 0. The lowest BCUT2D eigenvalue weighted by Gasteiger charge is -2.19. The molecule has 134 valence electrons. The summed E-state index contributed by atoms with van der Waals surface area (Å²) in [7, 11) is 0. The number of carbonyl (C=O) groups excluding carboxylic acids is 2. The topological polar surface area (TPSA) is 61.4 Å². The van der Waals surface area contributed by atoms with E-state index < -0.39 is 0 Å². The lowest BCUT2D eigenvalue weighted by Crippen LogP contribution is -2.35. The Hall–Kier alpha value is -1.88. The molecule has 5 nitrogen and oxygen atoms in total. The second-order valence-electron chi connectivity index (χ2n) is 6.23. The summed E-state index contributed by atoms with van der Waals surface area (Å²) in [6, 6.07) is 7.60. The number of rotatable bonds is 10. The van der Waals surface area contributed by atoms with E-state index >= 15 is 0 Å². The van der Waals surface area contributed by atoms with Gasteiger partial charge in [0, 0.05) is 11.7 Å². The lowest BCUT2D eigenvalue weighted by atomic mass is 10.1. The molecule has 1 unspecified atom stereocenters. The van der Waals surface area contributed by atoms with Crippen LogP contribution in [-0.2, 0) is 9.59 Å². The van der Waals surface area contributed by atoms with Crippen molar-refractivity contribution < 1.29 is 9.59 Å². The Morgan fingerprint density at radius 1 is 1.08 bits per heavy atom. The van der Waals surface area contributed by atoms with Crippen LogP contribution in [0.3, 0.4) is 0 Å². The van der Waals surface area contributed by atoms with E-state index in [1.807, 2.05) is 38.1 Å². The van der Waals surface area contributed by atoms with Gasteiger partial charge in [0.25, 0.3) is 0 Å². The maximum atomic E-state index is 11.9. The second kappa shape index (κ2) is 10.8. The van der Waals surface area contributed by atoms with Crippen molar-refractivity contribution in [1.29, 1.82) is 0 Å². The summed E-state index contributed by atoms with van der Waals surface area (Å²) in [5, 5.41) is 5.64. The fourth-order valence-electron chi connectivity index (χ4n) is 2.55. The highest BCUT2D eigenvalue weighted by atomic mass is 16.2. The first-order valence-electron chi connectivity index (χ1n) is 8.82. The molecule has 1 aromatic rings. The zero-order chi connectivity index (χ0) is 17.9. The highest BCUT2D eigenvalue weighted by Gasteiger charge is 2.12. The molecule has 2 amide bonds. The minimum atomic E-state index is -0.285. The van der Waals surface area contributed by atoms with E-state index in [1.54, 1.807) is 0 Å². The molecule has 0 bridgehead atoms. The predicted octanol–water partition coefficient (Wildman–Crippen LogP) is 2.95.